The van der Waals surface area contributed by atoms with Gasteiger partial charge in [0, 0.05) is 37.1 Å². The van der Waals surface area contributed by atoms with Gasteiger partial charge in [-0.2, -0.15) is 0 Å². The average Bonchev–Trinajstić information content (AvgIpc) is 3.12. The molecule has 7 nitrogen and oxygen atoms in total. The highest BCUT2D eigenvalue weighted by atomic mass is 35.5. The first-order valence-electron chi connectivity index (χ1n) is 9.45. The molecule has 27 heavy (non-hydrogen) atoms. The van der Waals surface area contributed by atoms with E-state index in [-0.39, 0.29) is 5.91 Å². The number of benzene rings is 1. The lowest BCUT2D eigenvalue weighted by Gasteiger charge is -2.33. The van der Waals surface area contributed by atoms with Gasteiger partial charge in [-0.1, -0.05) is 17.7 Å². The Morgan fingerprint density at radius 3 is 2.89 bits per heavy atom. The lowest BCUT2D eigenvalue weighted by atomic mass is 9.95. The minimum Gasteiger partial charge on any atom is -0.481 e. The van der Waals surface area contributed by atoms with Crippen molar-refractivity contribution in [2.75, 3.05) is 19.6 Å². The molecule has 2 aliphatic heterocycles. The fourth-order valence-electron chi connectivity index (χ4n) is 3.83. The van der Waals surface area contributed by atoms with Crippen LogP contribution in [0.3, 0.4) is 0 Å². The van der Waals surface area contributed by atoms with E-state index in [9.17, 15) is 4.79 Å². The number of ether oxygens (including phenoxy) is 1. The molecule has 1 N–H and O–H groups in total. The van der Waals surface area contributed by atoms with Gasteiger partial charge in [0.1, 0.15) is 17.4 Å². The molecule has 1 fully saturated rings. The molecule has 1 unspecified atom stereocenters. The van der Waals surface area contributed by atoms with Gasteiger partial charge in [-0.15, -0.1) is 10.2 Å². The minimum atomic E-state index is -0.535. The Morgan fingerprint density at radius 2 is 2.11 bits per heavy atom. The van der Waals surface area contributed by atoms with Crippen LogP contribution in [-0.2, 0) is 17.9 Å². The predicted molar refractivity (Wildman–Crippen MR) is 102 cm³/mol. The SMILES string of the molecule is CC(Oc1cccc(Cl)c1)C(=O)N1CCC(c2nnc3n2CCNC3)CC1. The molecular weight excluding hydrogens is 366 g/mol. The standard InChI is InChI=1S/C19H24ClN5O2/c1-13(27-16-4-2-3-15(20)11-16)19(26)24-8-5-14(6-9-24)18-23-22-17-12-21-7-10-25(17)18/h2-4,11,13-14,21H,5-10,12H2,1H3. The molecule has 0 bridgehead atoms. The number of hydrogen-bond donors (Lipinski definition) is 1. The number of amides is 1. The van der Waals surface area contributed by atoms with E-state index in [1.165, 1.54) is 0 Å². The maximum Gasteiger partial charge on any atom is 0.263 e. The fourth-order valence-corrected chi connectivity index (χ4v) is 4.01. The summed E-state index contributed by atoms with van der Waals surface area (Å²) in [6, 6.07) is 7.13. The molecule has 2 aromatic rings. The number of fused-ring (bicyclic) bond motifs is 1. The molecule has 3 heterocycles. The van der Waals surface area contributed by atoms with Crippen molar-refractivity contribution in [3.8, 4) is 5.75 Å². The summed E-state index contributed by atoms with van der Waals surface area (Å²) in [7, 11) is 0. The zero-order valence-corrected chi connectivity index (χ0v) is 16.2. The summed E-state index contributed by atoms with van der Waals surface area (Å²) in [5, 5.41) is 12.6. The zero-order valence-electron chi connectivity index (χ0n) is 15.4. The molecule has 2 aliphatic rings. The average molecular weight is 390 g/mol. The third kappa shape index (κ3) is 3.94. The van der Waals surface area contributed by atoms with E-state index in [1.807, 2.05) is 17.0 Å². The van der Waals surface area contributed by atoms with Crippen LogP contribution in [0.25, 0.3) is 0 Å². The van der Waals surface area contributed by atoms with Gasteiger partial charge in [-0.3, -0.25) is 4.79 Å². The minimum absolute atomic E-state index is 0.0147. The van der Waals surface area contributed by atoms with E-state index < -0.39 is 6.10 Å². The Labute approximate surface area is 163 Å². The summed E-state index contributed by atoms with van der Waals surface area (Å²) < 4.78 is 8.01. The summed E-state index contributed by atoms with van der Waals surface area (Å²) in [6.07, 6.45) is 1.27. The molecule has 144 valence electrons. The second kappa shape index (κ2) is 7.86. The number of hydrogen-bond acceptors (Lipinski definition) is 5. The third-order valence-corrected chi connectivity index (χ3v) is 5.51. The van der Waals surface area contributed by atoms with Crippen LogP contribution in [0.15, 0.2) is 24.3 Å². The van der Waals surface area contributed by atoms with Gasteiger partial charge >= 0.3 is 0 Å². The number of piperidine rings is 1. The first kappa shape index (κ1) is 18.3. The van der Waals surface area contributed by atoms with Crippen molar-refractivity contribution in [3.63, 3.8) is 0 Å². The van der Waals surface area contributed by atoms with Crippen molar-refractivity contribution in [1.82, 2.24) is 25.0 Å². The number of nitrogens with one attached hydrogen (secondary N) is 1. The van der Waals surface area contributed by atoms with E-state index in [4.69, 9.17) is 16.3 Å². The van der Waals surface area contributed by atoms with Crippen LogP contribution in [-0.4, -0.2) is 51.3 Å². The predicted octanol–water partition coefficient (Wildman–Crippen LogP) is 2.21. The van der Waals surface area contributed by atoms with Crippen LogP contribution in [0.4, 0.5) is 0 Å². The van der Waals surface area contributed by atoms with Crippen LogP contribution in [0.2, 0.25) is 5.02 Å². The van der Waals surface area contributed by atoms with Crippen molar-refractivity contribution in [2.24, 2.45) is 0 Å². The number of rotatable bonds is 4. The number of halogens is 1. The van der Waals surface area contributed by atoms with Crippen LogP contribution >= 0.6 is 11.6 Å². The first-order valence-corrected chi connectivity index (χ1v) is 9.83. The number of nitrogens with zero attached hydrogens (tertiary/aromatic N) is 4. The van der Waals surface area contributed by atoms with Gasteiger partial charge < -0.3 is 19.5 Å². The van der Waals surface area contributed by atoms with Crippen molar-refractivity contribution in [1.29, 1.82) is 0 Å². The molecule has 1 amide bonds. The Bertz CT molecular complexity index is 816. The molecular formula is C19H24ClN5O2. The molecule has 0 aliphatic carbocycles. The summed E-state index contributed by atoms with van der Waals surface area (Å²) in [4.78, 5) is 14.6. The molecule has 1 aromatic carbocycles. The second-order valence-electron chi connectivity index (χ2n) is 7.12. The van der Waals surface area contributed by atoms with Crippen LogP contribution in [0.1, 0.15) is 37.3 Å². The van der Waals surface area contributed by atoms with Crippen LogP contribution < -0.4 is 10.1 Å². The maximum absolute atomic E-state index is 12.7. The number of likely N-dealkylation sites (tertiary alicyclic amines) is 1. The topological polar surface area (TPSA) is 72.3 Å². The molecule has 0 saturated carbocycles. The molecule has 4 rings (SSSR count). The van der Waals surface area contributed by atoms with E-state index >= 15 is 0 Å². The van der Waals surface area contributed by atoms with Gasteiger partial charge in [0.25, 0.3) is 5.91 Å². The molecule has 1 aromatic heterocycles. The van der Waals surface area contributed by atoms with Crippen LogP contribution in [0, 0.1) is 0 Å². The zero-order chi connectivity index (χ0) is 18.8. The highest BCUT2D eigenvalue weighted by Crippen LogP contribution is 2.28. The lowest BCUT2D eigenvalue weighted by molar-refractivity contribution is -0.139. The molecule has 1 atom stereocenters. The normalized spacial score (nSPS) is 18.8. The van der Waals surface area contributed by atoms with Crippen molar-refractivity contribution in [2.45, 2.75) is 44.9 Å². The monoisotopic (exact) mass is 389 g/mol. The fraction of sp³-hybridized carbons (Fsp3) is 0.526. The van der Waals surface area contributed by atoms with E-state index in [2.05, 4.69) is 20.1 Å². The van der Waals surface area contributed by atoms with Crippen molar-refractivity contribution >= 4 is 17.5 Å². The Kier molecular flexibility index (Phi) is 5.31. The Hall–Kier alpha value is -2.12. The van der Waals surface area contributed by atoms with E-state index in [1.54, 1.807) is 19.1 Å². The third-order valence-electron chi connectivity index (χ3n) is 5.28. The first-order chi connectivity index (χ1) is 13.1. The van der Waals surface area contributed by atoms with Gasteiger partial charge in [-0.05, 0) is 38.0 Å². The highest BCUT2D eigenvalue weighted by molar-refractivity contribution is 6.30. The van der Waals surface area contributed by atoms with Crippen LogP contribution in [0.5, 0.6) is 5.75 Å². The molecule has 1 saturated heterocycles. The Morgan fingerprint density at radius 1 is 1.30 bits per heavy atom. The molecule has 0 spiro atoms. The second-order valence-corrected chi connectivity index (χ2v) is 7.56. The smallest absolute Gasteiger partial charge is 0.263 e. The lowest BCUT2D eigenvalue weighted by Crippen LogP contribution is -2.44. The van der Waals surface area contributed by atoms with Gasteiger partial charge in [-0.25, -0.2) is 0 Å². The largest absolute Gasteiger partial charge is 0.481 e. The van der Waals surface area contributed by atoms with Crippen molar-refractivity contribution in [3.05, 3.63) is 40.9 Å². The summed E-state index contributed by atoms with van der Waals surface area (Å²) in [5.74, 6) is 3.07. The van der Waals surface area contributed by atoms with Crippen molar-refractivity contribution < 1.29 is 9.53 Å². The quantitative estimate of drug-likeness (QED) is 0.867. The van der Waals surface area contributed by atoms with E-state index in [0.717, 1.165) is 44.1 Å². The molecule has 8 heteroatoms. The summed E-state index contributed by atoms with van der Waals surface area (Å²) >= 11 is 5.98. The van der Waals surface area contributed by atoms with E-state index in [0.29, 0.717) is 29.8 Å². The number of aromatic nitrogens is 3. The number of carbonyl (C=O) groups is 1. The summed E-state index contributed by atoms with van der Waals surface area (Å²) in [6.45, 7) is 5.87. The highest BCUT2D eigenvalue weighted by Gasteiger charge is 2.30. The Balaban J connectivity index is 1.34. The molecule has 0 radical (unpaired) electrons. The number of carbonyl (C=O) groups excluding carboxylic acids is 1. The van der Waals surface area contributed by atoms with Gasteiger partial charge in [0.2, 0.25) is 0 Å². The maximum atomic E-state index is 12.7. The van der Waals surface area contributed by atoms with Gasteiger partial charge in [0.05, 0.1) is 6.54 Å². The summed E-state index contributed by atoms with van der Waals surface area (Å²) in [5.41, 5.74) is 0. The van der Waals surface area contributed by atoms with Gasteiger partial charge in [0.15, 0.2) is 6.10 Å².